The third-order valence-corrected chi connectivity index (χ3v) is 3.85. The van der Waals surface area contributed by atoms with Crippen LogP contribution >= 0.6 is 23.2 Å². The number of nitrogens with zero attached hydrogens (tertiary/aromatic N) is 1. The number of benzene rings is 1. The van der Waals surface area contributed by atoms with Gasteiger partial charge >= 0.3 is 0 Å². The summed E-state index contributed by atoms with van der Waals surface area (Å²) in [7, 11) is 0. The molecule has 0 amide bonds. The topological polar surface area (TPSA) is 58.7 Å². The van der Waals surface area contributed by atoms with Crippen molar-refractivity contribution in [2.45, 2.75) is 18.6 Å². The summed E-state index contributed by atoms with van der Waals surface area (Å²) in [5, 5.41) is 10.8. The van der Waals surface area contributed by atoms with Crippen LogP contribution in [-0.2, 0) is 0 Å². The van der Waals surface area contributed by atoms with E-state index in [1.165, 1.54) is 0 Å². The van der Waals surface area contributed by atoms with Gasteiger partial charge in [-0.25, -0.2) is 0 Å². The zero-order chi connectivity index (χ0) is 13.8. The Labute approximate surface area is 123 Å². The molecule has 0 bridgehead atoms. The molecule has 3 N–H and O–H groups in total. The fourth-order valence-corrected chi connectivity index (χ4v) is 2.43. The molecule has 0 saturated carbocycles. The van der Waals surface area contributed by atoms with E-state index < -0.39 is 6.10 Å². The summed E-state index contributed by atoms with van der Waals surface area (Å²) >= 11 is 11.7. The van der Waals surface area contributed by atoms with E-state index in [0.717, 1.165) is 19.5 Å². The van der Waals surface area contributed by atoms with E-state index in [2.05, 4.69) is 4.90 Å². The molecule has 1 saturated heterocycles. The number of ether oxygens (including phenoxy) is 1. The quantitative estimate of drug-likeness (QED) is 0.870. The van der Waals surface area contributed by atoms with Crippen LogP contribution in [0.1, 0.15) is 6.42 Å². The average molecular weight is 305 g/mol. The van der Waals surface area contributed by atoms with E-state index in [0.29, 0.717) is 22.3 Å². The van der Waals surface area contributed by atoms with Gasteiger partial charge in [0.15, 0.2) is 0 Å². The molecule has 1 unspecified atom stereocenters. The van der Waals surface area contributed by atoms with Crippen molar-refractivity contribution in [1.82, 2.24) is 4.90 Å². The summed E-state index contributed by atoms with van der Waals surface area (Å²) in [6, 6.07) is 5.27. The molecule has 1 aromatic carbocycles. The minimum Gasteiger partial charge on any atom is -0.491 e. The van der Waals surface area contributed by atoms with E-state index in [4.69, 9.17) is 33.7 Å². The molecule has 1 aliphatic rings. The second-order valence-electron chi connectivity index (χ2n) is 4.85. The minimum absolute atomic E-state index is 0.225. The van der Waals surface area contributed by atoms with Gasteiger partial charge in [0.05, 0.1) is 10.0 Å². The summed E-state index contributed by atoms with van der Waals surface area (Å²) in [4.78, 5) is 2.15. The van der Waals surface area contributed by atoms with Crippen LogP contribution < -0.4 is 10.5 Å². The molecule has 19 heavy (non-hydrogen) atoms. The highest BCUT2D eigenvalue weighted by Gasteiger charge is 2.21. The van der Waals surface area contributed by atoms with E-state index in [-0.39, 0.29) is 12.6 Å². The normalized spacial score (nSPS) is 21.6. The molecule has 1 fully saturated rings. The number of likely N-dealkylation sites (tertiary alicyclic amines) is 1. The maximum absolute atomic E-state index is 9.91. The summed E-state index contributed by atoms with van der Waals surface area (Å²) in [6.07, 6.45) is 0.445. The first-order valence-electron chi connectivity index (χ1n) is 6.28. The molecule has 1 aliphatic heterocycles. The second-order valence-corrected chi connectivity index (χ2v) is 5.66. The third kappa shape index (κ3) is 4.51. The maximum atomic E-state index is 9.91. The molecule has 106 valence electrons. The number of halogens is 2. The van der Waals surface area contributed by atoms with E-state index >= 15 is 0 Å². The Balaban J connectivity index is 1.76. The van der Waals surface area contributed by atoms with Crippen LogP contribution in [0.4, 0.5) is 0 Å². The van der Waals surface area contributed by atoms with Crippen LogP contribution in [0, 0.1) is 0 Å². The van der Waals surface area contributed by atoms with E-state index in [1.807, 2.05) is 0 Å². The Hall–Kier alpha value is -0.520. The van der Waals surface area contributed by atoms with Gasteiger partial charge in [-0.1, -0.05) is 23.2 Å². The van der Waals surface area contributed by atoms with Crippen molar-refractivity contribution in [2.24, 2.45) is 5.73 Å². The maximum Gasteiger partial charge on any atom is 0.121 e. The number of nitrogens with two attached hydrogens (primary N) is 1. The second kappa shape index (κ2) is 6.77. The average Bonchev–Trinajstić information content (AvgIpc) is 2.76. The number of aliphatic hydroxyl groups excluding tert-OH is 1. The van der Waals surface area contributed by atoms with Crippen molar-refractivity contribution in [3.05, 3.63) is 28.2 Å². The van der Waals surface area contributed by atoms with Gasteiger partial charge in [-0.3, -0.25) is 4.90 Å². The molecular formula is C13H18Cl2N2O2. The molecule has 6 heteroatoms. The number of rotatable bonds is 5. The molecular weight excluding hydrogens is 287 g/mol. The van der Waals surface area contributed by atoms with Crippen LogP contribution in [-0.4, -0.2) is 48.4 Å². The number of hydrogen-bond acceptors (Lipinski definition) is 4. The van der Waals surface area contributed by atoms with Gasteiger partial charge in [0.2, 0.25) is 0 Å². The van der Waals surface area contributed by atoms with Crippen molar-refractivity contribution in [3.8, 4) is 5.75 Å². The van der Waals surface area contributed by atoms with Crippen molar-refractivity contribution in [1.29, 1.82) is 0 Å². The van der Waals surface area contributed by atoms with Gasteiger partial charge in [0, 0.05) is 25.2 Å². The first-order valence-corrected chi connectivity index (χ1v) is 7.04. The van der Waals surface area contributed by atoms with Crippen LogP contribution in [0.3, 0.4) is 0 Å². The van der Waals surface area contributed by atoms with Crippen molar-refractivity contribution in [2.75, 3.05) is 26.2 Å². The van der Waals surface area contributed by atoms with Gasteiger partial charge in [-0.05, 0) is 25.1 Å². The smallest absolute Gasteiger partial charge is 0.121 e. The van der Waals surface area contributed by atoms with Crippen LogP contribution in [0.5, 0.6) is 5.75 Å². The number of β-amino-alcohol motifs (C(OH)–C–C–N with tert-alkyl or cyclic N) is 1. The lowest BCUT2D eigenvalue weighted by atomic mass is 10.3. The lowest BCUT2D eigenvalue weighted by Gasteiger charge is -2.20. The van der Waals surface area contributed by atoms with Crippen molar-refractivity contribution >= 4 is 23.2 Å². The largest absolute Gasteiger partial charge is 0.491 e. The lowest BCUT2D eigenvalue weighted by Crippen LogP contribution is -2.35. The predicted molar refractivity (Wildman–Crippen MR) is 77.0 cm³/mol. The fraction of sp³-hybridized carbons (Fsp3) is 0.538. The Morgan fingerprint density at radius 3 is 2.84 bits per heavy atom. The van der Waals surface area contributed by atoms with Crippen LogP contribution in [0.25, 0.3) is 0 Å². The van der Waals surface area contributed by atoms with E-state index in [9.17, 15) is 5.11 Å². The highest BCUT2D eigenvalue weighted by atomic mass is 35.5. The molecule has 4 nitrogen and oxygen atoms in total. The number of hydrogen-bond donors (Lipinski definition) is 2. The van der Waals surface area contributed by atoms with Gasteiger partial charge in [0.1, 0.15) is 18.5 Å². The first-order chi connectivity index (χ1) is 9.04. The Morgan fingerprint density at radius 1 is 1.42 bits per heavy atom. The Kier molecular flexibility index (Phi) is 5.30. The standard InChI is InChI=1S/C13H18Cl2N2O2/c14-12-2-1-11(5-13(12)15)19-8-10(18)7-17-4-3-9(16)6-17/h1-2,5,9-10,18H,3-4,6-8,16H2/t9?,10-/m1/s1. The molecule has 1 aromatic rings. The molecule has 2 rings (SSSR count). The highest BCUT2D eigenvalue weighted by molar-refractivity contribution is 6.42. The SMILES string of the molecule is NC1CCN(C[C@@H](O)COc2ccc(Cl)c(Cl)c2)C1. The summed E-state index contributed by atoms with van der Waals surface area (Å²) in [5.41, 5.74) is 5.81. The predicted octanol–water partition coefficient (Wildman–Crippen LogP) is 1.77. The third-order valence-electron chi connectivity index (χ3n) is 3.11. The number of aliphatic hydroxyl groups is 1. The zero-order valence-corrected chi connectivity index (χ0v) is 12.1. The Bertz CT molecular complexity index is 431. The zero-order valence-electron chi connectivity index (χ0n) is 10.6. The fourth-order valence-electron chi connectivity index (χ4n) is 2.14. The van der Waals surface area contributed by atoms with Crippen LogP contribution in [0.15, 0.2) is 18.2 Å². The molecule has 1 heterocycles. The summed E-state index contributed by atoms with van der Waals surface area (Å²) in [5.74, 6) is 0.603. The van der Waals surface area contributed by atoms with Crippen molar-refractivity contribution < 1.29 is 9.84 Å². The monoisotopic (exact) mass is 304 g/mol. The Morgan fingerprint density at radius 2 is 2.21 bits per heavy atom. The first kappa shape index (κ1) is 14.9. The molecule has 2 atom stereocenters. The molecule has 0 spiro atoms. The van der Waals surface area contributed by atoms with Gasteiger partial charge in [0.25, 0.3) is 0 Å². The van der Waals surface area contributed by atoms with Gasteiger partial charge < -0.3 is 15.6 Å². The van der Waals surface area contributed by atoms with Crippen molar-refractivity contribution in [3.63, 3.8) is 0 Å². The van der Waals surface area contributed by atoms with Crippen LogP contribution in [0.2, 0.25) is 10.0 Å². The minimum atomic E-state index is -0.542. The summed E-state index contributed by atoms with van der Waals surface area (Å²) < 4.78 is 5.49. The molecule has 0 aromatic heterocycles. The summed E-state index contributed by atoms with van der Waals surface area (Å²) in [6.45, 7) is 2.58. The van der Waals surface area contributed by atoms with Gasteiger partial charge in [-0.15, -0.1) is 0 Å². The highest BCUT2D eigenvalue weighted by Crippen LogP contribution is 2.26. The lowest BCUT2D eigenvalue weighted by molar-refractivity contribution is 0.0755. The molecule has 0 radical (unpaired) electrons. The van der Waals surface area contributed by atoms with Gasteiger partial charge in [-0.2, -0.15) is 0 Å². The van der Waals surface area contributed by atoms with E-state index in [1.54, 1.807) is 18.2 Å². The molecule has 0 aliphatic carbocycles.